The van der Waals surface area contributed by atoms with Gasteiger partial charge in [-0.2, -0.15) is 0 Å². The SMILES string of the molecule is CC(C)(C)CCC(C)(C)C/C=C\CC(C)(C)CC(C)(C)C(=O)NCC(C)(C)COCC(C)(C)CNC(=O)CC(C)(C)COCC(C)(C)CNC(=O)OC(C)(C)C. The average molecular weight is 794 g/mol. The number of ether oxygens (including phenoxy) is 3. The van der Waals surface area contributed by atoms with Crippen molar-refractivity contribution in [3.63, 3.8) is 0 Å². The quantitative estimate of drug-likeness (QED) is 0.0793. The molecule has 0 heterocycles. The first-order chi connectivity index (χ1) is 24.9. The fourth-order valence-corrected chi connectivity index (χ4v) is 6.40. The smallest absolute Gasteiger partial charge is 0.407 e. The topological polar surface area (TPSA) is 115 Å². The van der Waals surface area contributed by atoms with Crippen molar-refractivity contribution in [2.24, 2.45) is 43.3 Å². The van der Waals surface area contributed by atoms with E-state index in [4.69, 9.17) is 14.2 Å². The van der Waals surface area contributed by atoms with E-state index in [0.717, 1.165) is 19.3 Å². The molecule has 3 amide bonds. The number of rotatable bonds is 25. The molecule has 0 spiro atoms. The number of hydrogen-bond acceptors (Lipinski definition) is 6. The highest BCUT2D eigenvalue weighted by Gasteiger charge is 2.35. The van der Waals surface area contributed by atoms with E-state index in [2.05, 4.69) is 104 Å². The lowest BCUT2D eigenvalue weighted by atomic mass is 9.72. The van der Waals surface area contributed by atoms with E-state index in [1.54, 1.807) is 0 Å². The van der Waals surface area contributed by atoms with Gasteiger partial charge in [0.1, 0.15) is 5.60 Å². The standard InChI is InChI=1S/C47H91N3O6/c1-39(2,3)25-26-41(7,8)23-21-22-24-42(9,10)28-47(19,20)37(52)49-30-45(15,16)34-55-33-44(13,14)29-48-36(51)27-43(11,12)32-54-35-46(17,18)31-50-38(53)56-40(4,5)6/h21-22H,23-35H2,1-20H3,(H,48,51)(H,49,52)(H,50,53)/b22-21-. The second-order valence-electron chi connectivity index (χ2n) is 24.5. The summed E-state index contributed by atoms with van der Waals surface area (Å²) in [4.78, 5) is 38.4. The fourth-order valence-electron chi connectivity index (χ4n) is 6.40. The number of alkyl carbamates (subject to hydrolysis) is 1. The molecule has 0 aliphatic rings. The van der Waals surface area contributed by atoms with E-state index in [1.807, 2.05) is 62.3 Å². The molecular weight excluding hydrogens is 703 g/mol. The minimum absolute atomic E-state index is 0.00328. The first-order valence-electron chi connectivity index (χ1n) is 21.2. The molecule has 330 valence electrons. The summed E-state index contributed by atoms with van der Waals surface area (Å²) < 4.78 is 17.5. The van der Waals surface area contributed by atoms with Crippen LogP contribution in [0, 0.1) is 43.3 Å². The lowest BCUT2D eigenvalue weighted by molar-refractivity contribution is -0.131. The molecule has 9 heteroatoms. The summed E-state index contributed by atoms with van der Waals surface area (Å²) in [5.41, 5.74) is -1.60. The van der Waals surface area contributed by atoms with E-state index < -0.39 is 17.1 Å². The molecule has 9 nitrogen and oxygen atoms in total. The second kappa shape index (κ2) is 21.2. The van der Waals surface area contributed by atoms with Crippen molar-refractivity contribution in [1.29, 1.82) is 0 Å². The highest BCUT2D eigenvalue weighted by molar-refractivity contribution is 5.81. The van der Waals surface area contributed by atoms with Crippen LogP contribution in [0.2, 0.25) is 0 Å². The van der Waals surface area contributed by atoms with E-state index in [0.29, 0.717) is 57.9 Å². The predicted molar refractivity (Wildman–Crippen MR) is 235 cm³/mol. The molecule has 0 aromatic carbocycles. The van der Waals surface area contributed by atoms with Gasteiger partial charge in [-0.1, -0.05) is 130 Å². The van der Waals surface area contributed by atoms with Crippen molar-refractivity contribution in [2.75, 3.05) is 46.1 Å². The van der Waals surface area contributed by atoms with Gasteiger partial charge in [-0.05, 0) is 74.5 Å². The van der Waals surface area contributed by atoms with Crippen LogP contribution in [0.1, 0.15) is 177 Å². The molecule has 0 unspecified atom stereocenters. The number of amides is 3. The Balaban J connectivity index is 4.71. The molecule has 0 aromatic rings. The third-order valence-corrected chi connectivity index (χ3v) is 9.81. The van der Waals surface area contributed by atoms with Gasteiger partial charge in [-0.3, -0.25) is 9.59 Å². The van der Waals surface area contributed by atoms with Gasteiger partial charge < -0.3 is 30.2 Å². The molecule has 0 bridgehead atoms. The summed E-state index contributed by atoms with van der Waals surface area (Å²) >= 11 is 0. The highest BCUT2D eigenvalue weighted by Crippen LogP contribution is 2.38. The van der Waals surface area contributed by atoms with Crippen LogP contribution >= 0.6 is 0 Å². The van der Waals surface area contributed by atoms with Gasteiger partial charge in [0.2, 0.25) is 11.8 Å². The van der Waals surface area contributed by atoms with Crippen LogP contribution in [0.4, 0.5) is 4.79 Å². The lowest BCUT2D eigenvalue weighted by Gasteiger charge is -2.35. The van der Waals surface area contributed by atoms with Crippen molar-refractivity contribution in [2.45, 2.75) is 183 Å². The number of nitrogens with one attached hydrogen (secondary N) is 3. The molecule has 0 saturated heterocycles. The van der Waals surface area contributed by atoms with Crippen LogP contribution in [0.3, 0.4) is 0 Å². The van der Waals surface area contributed by atoms with Crippen LogP contribution in [-0.4, -0.2) is 69.6 Å². The van der Waals surface area contributed by atoms with E-state index >= 15 is 0 Å². The van der Waals surface area contributed by atoms with Crippen molar-refractivity contribution in [3.8, 4) is 0 Å². The fraction of sp³-hybridized carbons (Fsp3) is 0.894. The Labute approximate surface area is 345 Å². The van der Waals surface area contributed by atoms with Gasteiger partial charge in [0.05, 0.1) is 26.4 Å². The first kappa shape index (κ1) is 53.9. The summed E-state index contributed by atoms with van der Waals surface area (Å²) in [5, 5.41) is 9.13. The van der Waals surface area contributed by atoms with Gasteiger partial charge in [-0.15, -0.1) is 0 Å². The maximum atomic E-state index is 13.4. The summed E-state index contributed by atoms with van der Waals surface area (Å²) in [6.07, 6.45) is 9.78. The molecule has 0 atom stereocenters. The summed E-state index contributed by atoms with van der Waals surface area (Å²) in [5.74, 6) is 0.0409. The molecule has 0 rings (SSSR count). The molecule has 3 N–H and O–H groups in total. The number of carbonyl (C=O) groups is 3. The lowest BCUT2D eigenvalue weighted by Crippen LogP contribution is -2.45. The van der Waals surface area contributed by atoms with Crippen LogP contribution in [-0.2, 0) is 23.8 Å². The molecule has 56 heavy (non-hydrogen) atoms. The predicted octanol–water partition coefficient (Wildman–Crippen LogP) is 10.9. The number of allylic oxidation sites excluding steroid dienone is 2. The van der Waals surface area contributed by atoms with Crippen LogP contribution in [0.15, 0.2) is 12.2 Å². The number of carbonyl (C=O) groups excluding carboxylic acids is 3. The van der Waals surface area contributed by atoms with Crippen LogP contribution in [0.5, 0.6) is 0 Å². The summed E-state index contributed by atoms with van der Waals surface area (Å²) in [7, 11) is 0. The normalized spacial score (nSPS) is 14.2. The summed E-state index contributed by atoms with van der Waals surface area (Å²) in [6, 6.07) is 0. The Hall–Kier alpha value is -2.13. The third kappa shape index (κ3) is 27.5. The molecule has 0 aliphatic heterocycles. The zero-order chi connectivity index (χ0) is 44.1. The third-order valence-electron chi connectivity index (χ3n) is 9.81. The monoisotopic (exact) mass is 794 g/mol. The minimum Gasteiger partial charge on any atom is -0.444 e. The molecule has 0 aromatic heterocycles. The second-order valence-corrected chi connectivity index (χ2v) is 24.5. The molecular formula is C47H91N3O6. The molecule has 0 fully saturated rings. The Morgan fingerprint density at radius 1 is 0.482 bits per heavy atom. The zero-order valence-corrected chi connectivity index (χ0v) is 40.3. The zero-order valence-electron chi connectivity index (χ0n) is 40.3. The van der Waals surface area contributed by atoms with E-state index in [9.17, 15) is 14.4 Å². The van der Waals surface area contributed by atoms with E-state index in [-0.39, 0.29) is 44.3 Å². The molecule has 0 aliphatic carbocycles. The van der Waals surface area contributed by atoms with Crippen molar-refractivity contribution >= 4 is 17.9 Å². The Morgan fingerprint density at radius 2 is 0.893 bits per heavy atom. The maximum absolute atomic E-state index is 13.4. The highest BCUT2D eigenvalue weighted by atomic mass is 16.6. The van der Waals surface area contributed by atoms with Crippen molar-refractivity contribution in [3.05, 3.63) is 12.2 Å². The van der Waals surface area contributed by atoms with Crippen LogP contribution < -0.4 is 16.0 Å². The Bertz CT molecular complexity index is 1250. The molecule has 0 saturated carbocycles. The van der Waals surface area contributed by atoms with Crippen LogP contribution in [0.25, 0.3) is 0 Å². The van der Waals surface area contributed by atoms with Crippen molar-refractivity contribution in [1.82, 2.24) is 16.0 Å². The maximum Gasteiger partial charge on any atom is 0.407 e. The molecule has 0 radical (unpaired) electrons. The first-order valence-corrected chi connectivity index (χ1v) is 21.2. The Kier molecular flexibility index (Phi) is 20.4. The van der Waals surface area contributed by atoms with E-state index in [1.165, 1.54) is 12.8 Å². The van der Waals surface area contributed by atoms with Gasteiger partial charge in [0, 0.05) is 47.7 Å². The Morgan fingerprint density at radius 3 is 1.34 bits per heavy atom. The average Bonchev–Trinajstić information content (AvgIpc) is 2.97. The number of hydrogen-bond donors (Lipinski definition) is 3. The van der Waals surface area contributed by atoms with Gasteiger partial charge in [0.15, 0.2) is 0 Å². The van der Waals surface area contributed by atoms with Crippen molar-refractivity contribution < 1.29 is 28.6 Å². The van der Waals surface area contributed by atoms with Gasteiger partial charge in [0.25, 0.3) is 0 Å². The van der Waals surface area contributed by atoms with Gasteiger partial charge in [-0.25, -0.2) is 4.79 Å². The minimum atomic E-state index is -0.549. The summed E-state index contributed by atoms with van der Waals surface area (Å²) in [6.45, 7) is 45.4. The largest absolute Gasteiger partial charge is 0.444 e. The van der Waals surface area contributed by atoms with Gasteiger partial charge >= 0.3 is 6.09 Å².